The Morgan fingerprint density at radius 1 is 0.283 bits per heavy atom. The van der Waals surface area contributed by atoms with Crippen LogP contribution in [-0.2, 0) is 5.41 Å². The lowest BCUT2D eigenvalue weighted by molar-refractivity contribution is 0.660. The predicted molar refractivity (Wildman–Crippen MR) is 225 cm³/mol. The summed E-state index contributed by atoms with van der Waals surface area (Å²) >= 11 is 0. The van der Waals surface area contributed by atoms with Gasteiger partial charge in [-0.25, -0.2) is 0 Å². The predicted octanol–water partition coefficient (Wildman–Crippen LogP) is 14.0. The average Bonchev–Trinajstić information content (AvgIpc) is 3.46. The minimum absolute atomic E-state index is 0.0268. The van der Waals surface area contributed by atoms with Crippen LogP contribution in [0.2, 0.25) is 0 Å². The third-order valence-corrected chi connectivity index (χ3v) is 10.9. The number of rotatable bonds is 7. The topological polar surface area (TPSA) is 0 Å². The maximum Gasteiger partial charge on any atom is 0.0159 e. The van der Waals surface area contributed by atoms with Gasteiger partial charge in [-0.2, -0.15) is 0 Å². The maximum absolute atomic E-state index is 2.41. The first-order chi connectivity index (χ1) is 26.0. The molecular weight excluding hydrogens is 637 g/mol. The Kier molecular flexibility index (Phi) is 8.30. The quantitative estimate of drug-likeness (QED) is 0.147. The number of benzene rings is 8. The first-order valence-corrected chi connectivity index (χ1v) is 18.5. The summed E-state index contributed by atoms with van der Waals surface area (Å²) in [6.45, 7) is 4.70. The summed E-state index contributed by atoms with van der Waals surface area (Å²) in [5.41, 5.74) is 20.0. The fraction of sp³-hybridized carbons (Fsp3) is 0.0566. The van der Waals surface area contributed by atoms with Gasteiger partial charge in [0.15, 0.2) is 0 Å². The summed E-state index contributed by atoms with van der Waals surface area (Å²) in [6, 6.07) is 75.2. The first-order valence-electron chi connectivity index (χ1n) is 18.5. The highest BCUT2D eigenvalue weighted by Gasteiger charge is 2.35. The summed E-state index contributed by atoms with van der Waals surface area (Å²) in [5.74, 6) is 0. The van der Waals surface area contributed by atoms with E-state index in [1.165, 1.54) is 89.0 Å². The molecule has 0 N–H and O–H groups in total. The Balaban J connectivity index is 1.11. The van der Waals surface area contributed by atoms with E-state index in [0.29, 0.717) is 0 Å². The Bertz CT molecular complexity index is 2560. The molecule has 0 radical (unpaired) electrons. The summed E-state index contributed by atoms with van der Waals surface area (Å²) in [4.78, 5) is 0. The van der Waals surface area contributed by atoms with Gasteiger partial charge in [-0.15, -0.1) is 0 Å². The van der Waals surface area contributed by atoms with Crippen LogP contribution in [0.3, 0.4) is 0 Å². The molecule has 0 aromatic heterocycles. The molecule has 0 atom stereocenters. The lowest BCUT2D eigenvalue weighted by Crippen LogP contribution is -2.14. The minimum atomic E-state index is -0.0268. The average molecular weight is 677 g/mol. The second-order valence-corrected chi connectivity index (χ2v) is 14.5. The summed E-state index contributed by atoms with van der Waals surface area (Å²) < 4.78 is 0. The van der Waals surface area contributed by atoms with Crippen molar-refractivity contribution in [3.8, 4) is 44.5 Å². The van der Waals surface area contributed by atoms with E-state index in [4.69, 9.17) is 0 Å². The SMILES string of the molecule is CC1(C)c2ccccc2-c2ccc(-c3cccc(-c4cccc(-c5cccc(C(=C(c6ccccc6)c6ccccc6)c6ccccc6)c5)c4)c3)cc21. The molecule has 1 aliphatic rings. The van der Waals surface area contributed by atoms with Gasteiger partial charge in [-0.3, -0.25) is 0 Å². The van der Waals surface area contributed by atoms with Gasteiger partial charge in [-0.1, -0.05) is 196 Å². The van der Waals surface area contributed by atoms with Gasteiger partial charge in [0.2, 0.25) is 0 Å². The largest absolute Gasteiger partial charge is 0.0622 e. The highest BCUT2D eigenvalue weighted by atomic mass is 14.4. The minimum Gasteiger partial charge on any atom is -0.0622 e. The van der Waals surface area contributed by atoms with Crippen LogP contribution in [0.25, 0.3) is 55.7 Å². The van der Waals surface area contributed by atoms with Crippen molar-refractivity contribution in [3.05, 3.63) is 240 Å². The Hall–Kier alpha value is -6.50. The smallest absolute Gasteiger partial charge is 0.0159 e. The Morgan fingerprint density at radius 2 is 0.660 bits per heavy atom. The third kappa shape index (κ3) is 6.03. The van der Waals surface area contributed by atoms with E-state index < -0.39 is 0 Å². The fourth-order valence-electron chi connectivity index (χ4n) is 8.22. The van der Waals surface area contributed by atoms with Gasteiger partial charge in [0.1, 0.15) is 0 Å². The van der Waals surface area contributed by atoms with Gasteiger partial charge in [0.05, 0.1) is 0 Å². The van der Waals surface area contributed by atoms with E-state index in [9.17, 15) is 0 Å². The van der Waals surface area contributed by atoms with Crippen molar-refractivity contribution >= 4 is 11.1 Å². The van der Waals surface area contributed by atoms with E-state index in [-0.39, 0.29) is 5.41 Å². The molecule has 0 unspecified atom stereocenters. The molecule has 0 aliphatic heterocycles. The highest BCUT2D eigenvalue weighted by molar-refractivity contribution is 6.05. The zero-order chi connectivity index (χ0) is 35.8. The summed E-state index contributed by atoms with van der Waals surface area (Å²) in [6.07, 6.45) is 0. The van der Waals surface area contributed by atoms with Crippen LogP contribution < -0.4 is 0 Å². The van der Waals surface area contributed by atoms with E-state index in [1.54, 1.807) is 0 Å². The van der Waals surface area contributed by atoms with Gasteiger partial charge in [0, 0.05) is 5.41 Å². The van der Waals surface area contributed by atoms with E-state index in [1.807, 2.05) is 0 Å². The lowest BCUT2D eigenvalue weighted by atomic mass is 9.81. The van der Waals surface area contributed by atoms with Gasteiger partial charge < -0.3 is 0 Å². The molecule has 1 aliphatic carbocycles. The van der Waals surface area contributed by atoms with Crippen molar-refractivity contribution in [1.82, 2.24) is 0 Å². The number of hydrogen-bond acceptors (Lipinski definition) is 0. The normalized spacial score (nSPS) is 12.5. The molecule has 0 saturated carbocycles. The second-order valence-electron chi connectivity index (χ2n) is 14.5. The molecule has 0 saturated heterocycles. The molecular formula is C53H40. The van der Waals surface area contributed by atoms with Crippen molar-refractivity contribution in [1.29, 1.82) is 0 Å². The molecule has 0 heterocycles. The van der Waals surface area contributed by atoms with Crippen molar-refractivity contribution in [2.75, 3.05) is 0 Å². The molecule has 0 amide bonds. The summed E-state index contributed by atoms with van der Waals surface area (Å²) in [7, 11) is 0. The van der Waals surface area contributed by atoms with Crippen molar-refractivity contribution in [3.63, 3.8) is 0 Å². The van der Waals surface area contributed by atoms with Crippen molar-refractivity contribution < 1.29 is 0 Å². The molecule has 0 bridgehead atoms. The van der Waals surface area contributed by atoms with E-state index in [0.717, 1.165) is 0 Å². The molecule has 0 fully saturated rings. The highest BCUT2D eigenvalue weighted by Crippen LogP contribution is 2.49. The summed E-state index contributed by atoms with van der Waals surface area (Å²) in [5, 5.41) is 0. The van der Waals surface area contributed by atoms with E-state index >= 15 is 0 Å². The molecule has 8 aromatic rings. The van der Waals surface area contributed by atoms with Crippen LogP contribution in [0.5, 0.6) is 0 Å². The first kappa shape index (κ1) is 32.4. The molecule has 0 heteroatoms. The van der Waals surface area contributed by atoms with Crippen LogP contribution in [0.1, 0.15) is 47.2 Å². The van der Waals surface area contributed by atoms with Gasteiger partial charge in [-0.05, 0) is 113 Å². The molecule has 0 spiro atoms. The fourth-order valence-corrected chi connectivity index (χ4v) is 8.22. The molecule has 252 valence electrons. The van der Waals surface area contributed by atoms with Gasteiger partial charge in [0.25, 0.3) is 0 Å². The lowest BCUT2D eigenvalue weighted by Gasteiger charge is -2.22. The monoisotopic (exact) mass is 676 g/mol. The van der Waals surface area contributed by atoms with Gasteiger partial charge >= 0.3 is 0 Å². The van der Waals surface area contributed by atoms with Crippen LogP contribution in [0.15, 0.2) is 206 Å². The zero-order valence-electron chi connectivity index (χ0n) is 30.1. The van der Waals surface area contributed by atoms with E-state index in [2.05, 4.69) is 220 Å². The van der Waals surface area contributed by atoms with Crippen molar-refractivity contribution in [2.45, 2.75) is 19.3 Å². The molecule has 8 aromatic carbocycles. The maximum atomic E-state index is 2.41. The number of hydrogen-bond donors (Lipinski definition) is 0. The molecule has 53 heavy (non-hydrogen) atoms. The standard InChI is InChI=1S/C53H40/c1-53(2)49-30-13-12-29-47(49)48-32-31-45(36-50(48)53)43-26-15-24-41(34-43)40-23-14-25-42(33-40)44-27-16-28-46(35-44)52(39-21-10-5-11-22-39)51(37-17-6-3-7-18-37)38-19-8-4-9-20-38/h3-36H,1-2H3. The number of fused-ring (bicyclic) bond motifs is 3. The van der Waals surface area contributed by atoms with Crippen LogP contribution in [0, 0.1) is 0 Å². The Labute approximate surface area is 313 Å². The van der Waals surface area contributed by atoms with Crippen LogP contribution in [0.4, 0.5) is 0 Å². The molecule has 9 rings (SSSR count). The Morgan fingerprint density at radius 3 is 1.19 bits per heavy atom. The zero-order valence-corrected chi connectivity index (χ0v) is 30.1. The third-order valence-electron chi connectivity index (χ3n) is 10.9. The second kappa shape index (κ2) is 13.6. The molecule has 0 nitrogen and oxygen atoms in total. The van der Waals surface area contributed by atoms with Crippen molar-refractivity contribution in [2.24, 2.45) is 0 Å². The van der Waals surface area contributed by atoms with Crippen LogP contribution in [-0.4, -0.2) is 0 Å². The van der Waals surface area contributed by atoms with Crippen LogP contribution >= 0.6 is 0 Å².